The van der Waals surface area contributed by atoms with Gasteiger partial charge in [0.05, 0.1) is 19.1 Å². The van der Waals surface area contributed by atoms with Gasteiger partial charge in [-0.1, -0.05) is 12.1 Å². The molecule has 126 valence electrons. The first-order valence-electron chi connectivity index (χ1n) is 6.92. The van der Waals surface area contributed by atoms with E-state index in [9.17, 15) is 14.9 Å². The van der Waals surface area contributed by atoms with Crippen molar-refractivity contribution in [2.75, 3.05) is 26.1 Å². The zero-order valence-corrected chi connectivity index (χ0v) is 13.1. The van der Waals surface area contributed by atoms with Gasteiger partial charge < -0.3 is 19.5 Å². The first-order valence-corrected chi connectivity index (χ1v) is 6.92. The molecule has 0 spiro atoms. The summed E-state index contributed by atoms with van der Waals surface area (Å²) in [7, 11) is 3.00. The van der Waals surface area contributed by atoms with E-state index in [1.165, 1.54) is 32.4 Å². The van der Waals surface area contributed by atoms with Crippen LogP contribution in [0.25, 0.3) is 0 Å². The van der Waals surface area contributed by atoms with E-state index < -0.39 is 10.8 Å². The number of para-hydroxylation sites is 2. The molecule has 0 aromatic heterocycles. The number of hydrogen-bond acceptors (Lipinski definition) is 6. The van der Waals surface area contributed by atoms with Crippen molar-refractivity contribution >= 4 is 17.3 Å². The van der Waals surface area contributed by atoms with Gasteiger partial charge in [-0.05, 0) is 6.07 Å². The Hall–Kier alpha value is -3.29. The Morgan fingerprint density at radius 1 is 1.12 bits per heavy atom. The molecule has 0 saturated heterocycles. The number of ether oxygens (including phenoxy) is 3. The number of rotatable bonds is 7. The number of carbonyl (C=O) groups is 1. The Kier molecular flexibility index (Phi) is 5.56. The lowest BCUT2D eigenvalue weighted by atomic mass is 10.2. The number of nitro groups is 1. The average Bonchev–Trinajstić information content (AvgIpc) is 2.59. The van der Waals surface area contributed by atoms with E-state index in [-0.39, 0.29) is 18.0 Å². The number of anilines is 1. The monoisotopic (exact) mass is 332 g/mol. The fourth-order valence-corrected chi connectivity index (χ4v) is 1.95. The third-order valence-electron chi connectivity index (χ3n) is 3.06. The number of hydrogen-bond donors (Lipinski definition) is 1. The second kappa shape index (κ2) is 7.82. The van der Waals surface area contributed by atoms with Gasteiger partial charge in [-0.3, -0.25) is 14.9 Å². The number of benzene rings is 2. The maximum absolute atomic E-state index is 12.0. The predicted molar refractivity (Wildman–Crippen MR) is 86.8 cm³/mol. The molecule has 0 radical (unpaired) electrons. The van der Waals surface area contributed by atoms with Crippen molar-refractivity contribution in [2.45, 2.75) is 0 Å². The lowest BCUT2D eigenvalue weighted by molar-refractivity contribution is -0.385. The average molecular weight is 332 g/mol. The summed E-state index contributed by atoms with van der Waals surface area (Å²) in [6.07, 6.45) is 0. The highest BCUT2D eigenvalue weighted by atomic mass is 16.6. The highest BCUT2D eigenvalue weighted by molar-refractivity contribution is 5.92. The Morgan fingerprint density at radius 2 is 1.75 bits per heavy atom. The molecule has 8 heteroatoms. The fourth-order valence-electron chi connectivity index (χ4n) is 1.95. The maximum Gasteiger partial charge on any atom is 0.310 e. The molecule has 0 unspecified atom stereocenters. The van der Waals surface area contributed by atoms with Crippen LogP contribution in [-0.2, 0) is 4.79 Å². The number of methoxy groups -OCH3 is 2. The van der Waals surface area contributed by atoms with E-state index in [1.54, 1.807) is 24.3 Å². The van der Waals surface area contributed by atoms with Crippen LogP contribution < -0.4 is 19.5 Å². The normalized spacial score (nSPS) is 9.92. The van der Waals surface area contributed by atoms with E-state index >= 15 is 0 Å². The van der Waals surface area contributed by atoms with Crippen LogP contribution in [0.4, 0.5) is 11.4 Å². The number of carbonyl (C=O) groups excluding carboxylic acids is 1. The summed E-state index contributed by atoms with van der Waals surface area (Å²) in [5.41, 5.74) is 0.260. The molecule has 1 N–H and O–H groups in total. The summed E-state index contributed by atoms with van der Waals surface area (Å²) in [6.45, 7) is -0.371. The molecule has 2 rings (SSSR count). The van der Waals surface area contributed by atoms with E-state index in [4.69, 9.17) is 14.2 Å². The van der Waals surface area contributed by atoms with Crippen molar-refractivity contribution in [3.8, 4) is 17.2 Å². The molecular formula is C16H16N2O6. The van der Waals surface area contributed by atoms with Gasteiger partial charge in [-0.25, -0.2) is 0 Å². The van der Waals surface area contributed by atoms with Crippen LogP contribution in [0.15, 0.2) is 42.5 Å². The molecule has 2 aromatic rings. The lowest BCUT2D eigenvalue weighted by Crippen LogP contribution is -2.20. The first kappa shape index (κ1) is 17.1. The van der Waals surface area contributed by atoms with E-state index in [1.807, 2.05) is 0 Å². The predicted octanol–water partition coefficient (Wildman–Crippen LogP) is 2.63. The fraction of sp³-hybridized carbons (Fsp3) is 0.188. The third-order valence-corrected chi connectivity index (χ3v) is 3.06. The van der Waals surface area contributed by atoms with Gasteiger partial charge in [0.15, 0.2) is 12.4 Å². The molecule has 1 amide bonds. The van der Waals surface area contributed by atoms with Gasteiger partial charge in [-0.2, -0.15) is 0 Å². The van der Waals surface area contributed by atoms with Crippen molar-refractivity contribution in [3.05, 3.63) is 52.6 Å². The molecule has 0 atom stereocenters. The quantitative estimate of drug-likeness (QED) is 0.618. The van der Waals surface area contributed by atoms with Crippen LogP contribution in [0.1, 0.15) is 0 Å². The highest BCUT2D eigenvalue weighted by Gasteiger charge is 2.15. The number of nitrogens with zero attached hydrogens (tertiary/aromatic N) is 1. The minimum Gasteiger partial charge on any atom is -0.497 e. The molecular weight excluding hydrogens is 316 g/mol. The van der Waals surface area contributed by atoms with Gasteiger partial charge in [0, 0.05) is 30.0 Å². The van der Waals surface area contributed by atoms with Gasteiger partial charge in [0.1, 0.15) is 11.5 Å². The van der Waals surface area contributed by atoms with Crippen LogP contribution in [0, 0.1) is 10.1 Å². The van der Waals surface area contributed by atoms with E-state index in [2.05, 4.69) is 5.32 Å². The van der Waals surface area contributed by atoms with E-state index in [0.717, 1.165) is 0 Å². The van der Waals surface area contributed by atoms with Gasteiger partial charge in [0.2, 0.25) is 0 Å². The minimum atomic E-state index is -0.569. The molecule has 0 heterocycles. The summed E-state index contributed by atoms with van der Waals surface area (Å²) in [5.74, 6) is 0.595. The van der Waals surface area contributed by atoms with Crippen molar-refractivity contribution in [1.29, 1.82) is 0 Å². The molecule has 0 aliphatic heterocycles. The maximum atomic E-state index is 12.0. The number of nitro benzene ring substituents is 1. The molecule has 0 saturated carbocycles. The molecule has 0 bridgehead atoms. The summed E-state index contributed by atoms with van der Waals surface area (Å²) >= 11 is 0. The summed E-state index contributed by atoms with van der Waals surface area (Å²) in [6, 6.07) is 10.7. The number of amides is 1. The topological polar surface area (TPSA) is 99.9 Å². The van der Waals surface area contributed by atoms with Gasteiger partial charge in [0.25, 0.3) is 5.91 Å². The Balaban J connectivity index is 2.03. The molecule has 0 fully saturated rings. The van der Waals surface area contributed by atoms with Crippen molar-refractivity contribution < 1.29 is 23.9 Å². The zero-order chi connectivity index (χ0) is 17.5. The molecule has 0 aliphatic rings. The largest absolute Gasteiger partial charge is 0.497 e. The minimum absolute atomic E-state index is 0.0286. The van der Waals surface area contributed by atoms with E-state index in [0.29, 0.717) is 17.2 Å². The lowest BCUT2D eigenvalue weighted by Gasteiger charge is -2.10. The molecule has 0 aliphatic carbocycles. The standard InChI is InChI=1S/C16H16N2O6/c1-22-12-7-11(8-13(9-12)23-2)17-16(19)10-24-15-6-4-3-5-14(15)18(20)21/h3-9H,10H2,1-2H3,(H,17,19). The van der Waals surface area contributed by atoms with Crippen LogP contribution >= 0.6 is 0 Å². The second-order valence-electron chi connectivity index (χ2n) is 4.66. The summed E-state index contributed by atoms with van der Waals surface area (Å²) in [5, 5.41) is 13.5. The first-order chi connectivity index (χ1) is 11.5. The highest BCUT2D eigenvalue weighted by Crippen LogP contribution is 2.27. The van der Waals surface area contributed by atoms with Crippen LogP contribution in [0.2, 0.25) is 0 Å². The molecule has 24 heavy (non-hydrogen) atoms. The van der Waals surface area contributed by atoms with Crippen molar-refractivity contribution in [3.63, 3.8) is 0 Å². The van der Waals surface area contributed by atoms with Crippen molar-refractivity contribution in [2.24, 2.45) is 0 Å². The van der Waals surface area contributed by atoms with Crippen molar-refractivity contribution in [1.82, 2.24) is 0 Å². The van der Waals surface area contributed by atoms with Crippen LogP contribution in [0.3, 0.4) is 0 Å². The Bertz CT molecular complexity index is 725. The SMILES string of the molecule is COc1cc(NC(=O)COc2ccccc2[N+](=O)[O-])cc(OC)c1. The number of nitrogens with one attached hydrogen (secondary N) is 1. The third kappa shape index (κ3) is 4.35. The smallest absolute Gasteiger partial charge is 0.310 e. The Labute approximate surface area is 138 Å². The molecule has 2 aromatic carbocycles. The van der Waals surface area contributed by atoms with Crippen LogP contribution in [-0.4, -0.2) is 31.7 Å². The van der Waals surface area contributed by atoms with Gasteiger partial charge >= 0.3 is 5.69 Å². The Morgan fingerprint density at radius 3 is 2.33 bits per heavy atom. The van der Waals surface area contributed by atoms with Gasteiger partial charge in [-0.15, -0.1) is 0 Å². The molecule has 8 nitrogen and oxygen atoms in total. The van der Waals surface area contributed by atoms with Crippen LogP contribution in [0.5, 0.6) is 17.2 Å². The zero-order valence-electron chi connectivity index (χ0n) is 13.1. The summed E-state index contributed by atoms with van der Waals surface area (Å²) < 4.78 is 15.5. The second-order valence-corrected chi connectivity index (χ2v) is 4.66. The summed E-state index contributed by atoms with van der Waals surface area (Å²) in [4.78, 5) is 22.3.